The van der Waals surface area contributed by atoms with Gasteiger partial charge in [0, 0.05) is 12.8 Å². The van der Waals surface area contributed by atoms with Crippen molar-refractivity contribution in [3.8, 4) is 0 Å². The van der Waals surface area contributed by atoms with E-state index in [1.54, 1.807) is 0 Å². The lowest BCUT2D eigenvalue weighted by atomic mass is 10.1. The number of nitrogens with zero attached hydrogens (tertiary/aromatic N) is 1. The number of carbonyl (C=O) groups excluding carboxylic acids is 2. The van der Waals surface area contributed by atoms with E-state index in [4.69, 9.17) is 23.3 Å². The van der Waals surface area contributed by atoms with Crippen LogP contribution in [0.5, 0.6) is 0 Å². The summed E-state index contributed by atoms with van der Waals surface area (Å²) in [5.74, 6) is -0.864. The Hall–Kier alpha value is -1.55. The molecule has 1 saturated heterocycles. The molecule has 11 heteroatoms. The normalized spacial score (nSPS) is 17.5. The Morgan fingerprint density at radius 3 is 1.75 bits per heavy atom. The fourth-order valence-electron chi connectivity index (χ4n) is 6.24. The first-order valence-electron chi connectivity index (χ1n) is 22.2. The molecule has 0 radical (unpaired) electrons. The average Bonchev–Trinajstić information content (AvgIpc) is 3.89. The summed E-state index contributed by atoms with van der Waals surface area (Å²) in [4.78, 5) is 37.5. The van der Waals surface area contributed by atoms with Gasteiger partial charge in [0.15, 0.2) is 6.10 Å². The molecule has 0 aromatic carbocycles. The van der Waals surface area contributed by atoms with Crippen LogP contribution in [0.15, 0.2) is 24.3 Å². The van der Waals surface area contributed by atoms with Crippen LogP contribution >= 0.6 is 7.82 Å². The molecule has 10 nitrogen and oxygen atoms in total. The Bertz CT molecular complexity index is 1060. The van der Waals surface area contributed by atoms with E-state index in [9.17, 15) is 19.0 Å². The molecule has 0 aromatic heterocycles. The van der Waals surface area contributed by atoms with Crippen LogP contribution in [0.2, 0.25) is 0 Å². The number of unbranched alkanes of at least 4 members (excludes halogenated alkanes) is 18. The average molecular weight is 800 g/mol. The van der Waals surface area contributed by atoms with Gasteiger partial charge in [0.1, 0.15) is 19.8 Å². The van der Waals surface area contributed by atoms with Crippen molar-refractivity contribution in [1.29, 1.82) is 0 Å². The lowest BCUT2D eigenvalue weighted by Gasteiger charge is -2.28. The second-order valence-electron chi connectivity index (χ2n) is 16.4. The first-order valence-corrected chi connectivity index (χ1v) is 23.6. The Morgan fingerprint density at radius 1 is 0.655 bits per heavy atom. The van der Waals surface area contributed by atoms with Gasteiger partial charge in [-0.25, -0.2) is 0 Å². The topological polar surface area (TPSA) is 124 Å². The quantitative estimate of drug-likeness (QED) is 0.0149. The number of hydrogen-bond acceptors (Lipinski definition) is 9. The van der Waals surface area contributed by atoms with E-state index in [0.717, 1.165) is 77.0 Å². The molecule has 55 heavy (non-hydrogen) atoms. The number of phosphoric ester groups is 1. The van der Waals surface area contributed by atoms with E-state index < -0.39 is 32.5 Å². The van der Waals surface area contributed by atoms with Gasteiger partial charge in [-0.2, -0.15) is 0 Å². The Labute approximate surface area is 336 Å². The Morgan fingerprint density at radius 2 is 1.16 bits per heavy atom. The minimum absolute atomic E-state index is 0.0367. The molecular formula is C44H82NO9P. The molecule has 4 atom stereocenters. The highest BCUT2D eigenvalue weighted by Crippen LogP contribution is 2.38. The molecule has 1 heterocycles. The van der Waals surface area contributed by atoms with Gasteiger partial charge in [-0.1, -0.05) is 128 Å². The number of quaternary nitrogens is 1. The molecule has 0 saturated carbocycles. The number of ether oxygens (including phenoxy) is 3. The van der Waals surface area contributed by atoms with Gasteiger partial charge in [-0.05, 0) is 64.2 Å². The molecule has 3 unspecified atom stereocenters. The van der Waals surface area contributed by atoms with E-state index >= 15 is 0 Å². The number of rotatable bonds is 39. The van der Waals surface area contributed by atoms with Crippen molar-refractivity contribution in [3.63, 3.8) is 0 Å². The molecule has 0 spiro atoms. The van der Waals surface area contributed by atoms with Gasteiger partial charge in [0.05, 0.1) is 40.0 Å². The van der Waals surface area contributed by atoms with Gasteiger partial charge in [0.25, 0.3) is 7.82 Å². The van der Waals surface area contributed by atoms with Crippen LogP contribution in [0, 0.1) is 0 Å². The third-order valence-electron chi connectivity index (χ3n) is 9.87. The second kappa shape index (κ2) is 33.4. The molecule has 0 N–H and O–H groups in total. The molecule has 0 aliphatic carbocycles. The summed E-state index contributed by atoms with van der Waals surface area (Å²) in [6.45, 7) is 4.16. The molecule has 0 bridgehead atoms. The van der Waals surface area contributed by atoms with Crippen LogP contribution in [0.3, 0.4) is 0 Å². The third kappa shape index (κ3) is 34.2. The SMILES string of the molecule is CCCCCCCC/C=C\CCCCCCCC(=O)OC[C@H](COP(=O)([O-])OCC[N+](C)(C)C)OC(=O)CCCCCCC/C=C\CC1OC1CCCCC. The van der Waals surface area contributed by atoms with Gasteiger partial charge in [-0.15, -0.1) is 0 Å². The maximum atomic E-state index is 12.7. The number of allylic oxidation sites excluding steroid dienone is 3. The van der Waals surface area contributed by atoms with Gasteiger partial charge in [-0.3, -0.25) is 14.2 Å². The summed E-state index contributed by atoms with van der Waals surface area (Å²) in [5.41, 5.74) is 0. The summed E-state index contributed by atoms with van der Waals surface area (Å²) in [7, 11) is 1.14. The molecule has 1 aliphatic rings. The predicted molar refractivity (Wildman–Crippen MR) is 222 cm³/mol. The van der Waals surface area contributed by atoms with Crippen molar-refractivity contribution in [2.75, 3.05) is 47.5 Å². The summed E-state index contributed by atoms with van der Waals surface area (Å²) in [6, 6.07) is 0. The Kier molecular flexibility index (Phi) is 31.3. The number of likely N-dealkylation sites (N-methyl/N-ethyl adjacent to an activating group) is 1. The number of epoxide rings is 1. The number of esters is 2. The minimum atomic E-state index is -4.63. The summed E-state index contributed by atoms with van der Waals surface area (Å²) >= 11 is 0. The van der Waals surface area contributed by atoms with Gasteiger partial charge >= 0.3 is 11.9 Å². The fourth-order valence-corrected chi connectivity index (χ4v) is 6.97. The lowest BCUT2D eigenvalue weighted by molar-refractivity contribution is -0.870. The zero-order valence-corrected chi connectivity index (χ0v) is 36.7. The van der Waals surface area contributed by atoms with Gasteiger partial charge in [0.2, 0.25) is 0 Å². The van der Waals surface area contributed by atoms with Crippen LogP contribution in [0.1, 0.15) is 181 Å². The summed E-state index contributed by atoms with van der Waals surface area (Å²) < 4.78 is 39.6. The maximum absolute atomic E-state index is 12.7. The van der Waals surface area contributed by atoms with Crippen LogP contribution < -0.4 is 4.89 Å². The molecule has 0 amide bonds. The summed E-state index contributed by atoms with van der Waals surface area (Å²) in [6.07, 6.45) is 36.5. The maximum Gasteiger partial charge on any atom is 0.306 e. The van der Waals surface area contributed by atoms with Crippen LogP contribution in [0.4, 0.5) is 0 Å². The third-order valence-corrected chi connectivity index (χ3v) is 10.8. The van der Waals surface area contributed by atoms with Crippen molar-refractivity contribution in [1.82, 2.24) is 0 Å². The standard InChI is InChI=1S/C44H82NO9P/c1-6-8-10-11-12-13-14-15-16-17-18-19-23-26-30-34-43(46)50-38-40(39-52-55(48,49)51-37-36-45(3,4)5)53-44(47)35-31-27-24-21-20-22-25-29-33-42-41(54-42)32-28-9-7-2/h15-16,25,29,40-42H,6-14,17-24,26-28,30-39H2,1-5H3/b16-15-,29-25-/t40-,41?,42?/m1/s1. The van der Waals surface area contributed by atoms with Crippen molar-refractivity contribution in [2.24, 2.45) is 0 Å². The highest BCUT2D eigenvalue weighted by Gasteiger charge is 2.36. The molecule has 1 rings (SSSR count). The van der Waals surface area contributed by atoms with Crippen LogP contribution in [-0.2, 0) is 37.4 Å². The molecule has 0 aromatic rings. The van der Waals surface area contributed by atoms with Crippen molar-refractivity contribution in [3.05, 3.63) is 24.3 Å². The number of phosphoric acid groups is 1. The Balaban J connectivity index is 2.28. The molecule has 1 aliphatic heterocycles. The fraction of sp³-hybridized carbons (Fsp3) is 0.864. The zero-order chi connectivity index (χ0) is 40.5. The first kappa shape index (κ1) is 51.5. The number of hydrogen-bond donors (Lipinski definition) is 0. The summed E-state index contributed by atoms with van der Waals surface area (Å²) in [5, 5.41) is 0. The van der Waals surface area contributed by atoms with Crippen molar-refractivity contribution >= 4 is 19.8 Å². The van der Waals surface area contributed by atoms with Crippen molar-refractivity contribution in [2.45, 2.75) is 199 Å². The van der Waals surface area contributed by atoms with Crippen LogP contribution in [0.25, 0.3) is 0 Å². The molecule has 322 valence electrons. The zero-order valence-electron chi connectivity index (χ0n) is 35.8. The van der Waals surface area contributed by atoms with Crippen LogP contribution in [-0.4, -0.2) is 82.2 Å². The van der Waals surface area contributed by atoms with E-state index in [2.05, 4.69) is 38.2 Å². The van der Waals surface area contributed by atoms with Crippen molar-refractivity contribution < 1.29 is 46.8 Å². The predicted octanol–water partition coefficient (Wildman–Crippen LogP) is 10.7. The monoisotopic (exact) mass is 800 g/mol. The highest BCUT2D eigenvalue weighted by molar-refractivity contribution is 7.45. The highest BCUT2D eigenvalue weighted by atomic mass is 31.2. The number of carbonyl (C=O) groups is 2. The molecular weight excluding hydrogens is 717 g/mol. The largest absolute Gasteiger partial charge is 0.756 e. The van der Waals surface area contributed by atoms with Gasteiger partial charge < -0.3 is 32.6 Å². The minimum Gasteiger partial charge on any atom is -0.756 e. The van der Waals surface area contributed by atoms with E-state index in [0.29, 0.717) is 29.7 Å². The second-order valence-corrected chi connectivity index (χ2v) is 17.9. The van der Waals surface area contributed by atoms with E-state index in [1.165, 1.54) is 70.6 Å². The van der Waals surface area contributed by atoms with E-state index in [1.807, 2.05) is 21.1 Å². The lowest BCUT2D eigenvalue weighted by Crippen LogP contribution is -2.37. The molecule has 1 fully saturated rings. The smallest absolute Gasteiger partial charge is 0.306 e. The first-order chi connectivity index (χ1) is 26.5. The van der Waals surface area contributed by atoms with E-state index in [-0.39, 0.29) is 26.1 Å².